The van der Waals surface area contributed by atoms with Crippen LogP contribution in [0.3, 0.4) is 0 Å². The van der Waals surface area contributed by atoms with E-state index in [1.807, 2.05) is 6.92 Å². The second-order valence-corrected chi connectivity index (χ2v) is 5.85. The summed E-state index contributed by atoms with van der Waals surface area (Å²) in [6.07, 6.45) is 5.47. The van der Waals surface area contributed by atoms with Gasteiger partial charge in [-0.05, 0) is 36.1 Å². The third-order valence-corrected chi connectivity index (χ3v) is 3.97. The van der Waals surface area contributed by atoms with Crippen molar-refractivity contribution in [1.82, 2.24) is 0 Å². The summed E-state index contributed by atoms with van der Waals surface area (Å²) >= 11 is 5.97. The maximum absolute atomic E-state index is 11.6. The van der Waals surface area contributed by atoms with Gasteiger partial charge in [0.1, 0.15) is 0 Å². The van der Waals surface area contributed by atoms with Crippen molar-refractivity contribution in [2.24, 2.45) is 5.92 Å². The molecule has 2 unspecified atom stereocenters. The van der Waals surface area contributed by atoms with Gasteiger partial charge in [0, 0.05) is 10.7 Å². The van der Waals surface area contributed by atoms with Crippen molar-refractivity contribution in [2.75, 3.05) is 5.73 Å². The molecule has 3 nitrogen and oxygen atoms in total. The van der Waals surface area contributed by atoms with Crippen molar-refractivity contribution in [2.45, 2.75) is 51.9 Å². The third kappa shape index (κ3) is 4.71. The molecule has 0 heterocycles. The molecule has 1 rings (SSSR count). The molecule has 0 radical (unpaired) electrons. The van der Waals surface area contributed by atoms with Gasteiger partial charge in [-0.3, -0.25) is 4.79 Å². The van der Waals surface area contributed by atoms with E-state index >= 15 is 0 Å². The van der Waals surface area contributed by atoms with E-state index < -0.39 is 11.9 Å². The number of unbranched alkanes of at least 4 members (excludes halogenated alkanes) is 3. The van der Waals surface area contributed by atoms with Crippen LogP contribution in [0.4, 0.5) is 5.69 Å². The van der Waals surface area contributed by atoms with Gasteiger partial charge in [-0.25, -0.2) is 0 Å². The van der Waals surface area contributed by atoms with E-state index in [-0.39, 0.29) is 5.92 Å². The maximum Gasteiger partial charge on any atom is 0.311 e. The van der Waals surface area contributed by atoms with Crippen molar-refractivity contribution in [3.05, 3.63) is 28.8 Å². The lowest BCUT2D eigenvalue weighted by molar-refractivity contribution is -0.140. The molecule has 112 valence electrons. The number of hydrogen-bond acceptors (Lipinski definition) is 2. The van der Waals surface area contributed by atoms with Crippen LogP contribution in [0.25, 0.3) is 0 Å². The molecule has 3 N–H and O–H groups in total. The number of hydrogen-bond donors (Lipinski definition) is 2. The topological polar surface area (TPSA) is 63.3 Å². The minimum atomic E-state index is -0.832. The summed E-state index contributed by atoms with van der Waals surface area (Å²) in [5.74, 6) is -1.37. The van der Waals surface area contributed by atoms with E-state index in [1.165, 1.54) is 12.8 Å². The van der Waals surface area contributed by atoms with Crippen molar-refractivity contribution in [3.63, 3.8) is 0 Å². The van der Waals surface area contributed by atoms with E-state index in [4.69, 9.17) is 17.3 Å². The van der Waals surface area contributed by atoms with Crippen LogP contribution in [0.2, 0.25) is 5.02 Å². The number of halogens is 1. The molecule has 0 saturated carbocycles. The molecular formula is C16H24ClNO2. The van der Waals surface area contributed by atoms with E-state index in [1.54, 1.807) is 18.2 Å². The van der Waals surface area contributed by atoms with Crippen LogP contribution in [-0.2, 0) is 4.79 Å². The van der Waals surface area contributed by atoms with E-state index in [0.717, 1.165) is 19.3 Å². The standard InChI is InChI=1S/C16H24ClNO2/c1-3-4-5-6-7-11(2)15(16(19)20)13-10-12(17)8-9-14(13)18/h8-11,15H,3-7,18H2,1-2H3,(H,19,20). The fourth-order valence-corrected chi connectivity index (χ4v) is 2.74. The second-order valence-electron chi connectivity index (χ2n) is 5.42. The van der Waals surface area contributed by atoms with Crippen molar-refractivity contribution in [3.8, 4) is 0 Å². The third-order valence-electron chi connectivity index (χ3n) is 3.73. The highest BCUT2D eigenvalue weighted by atomic mass is 35.5. The number of anilines is 1. The molecule has 0 bridgehead atoms. The Morgan fingerprint density at radius 1 is 1.35 bits per heavy atom. The first-order chi connectivity index (χ1) is 9.47. The Morgan fingerprint density at radius 3 is 2.65 bits per heavy atom. The van der Waals surface area contributed by atoms with Gasteiger partial charge in [0.2, 0.25) is 0 Å². The lowest BCUT2D eigenvalue weighted by Gasteiger charge is -2.22. The van der Waals surface area contributed by atoms with Crippen molar-refractivity contribution >= 4 is 23.3 Å². The summed E-state index contributed by atoms with van der Waals surface area (Å²) in [6.45, 7) is 4.14. The average molecular weight is 298 g/mol. The Kier molecular flexibility index (Phi) is 6.86. The van der Waals surface area contributed by atoms with Gasteiger partial charge in [0.25, 0.3) is 0 Å². The summed E-state index contributed by atoms with van der Waals surface area (Å²) in [7, 11) is 0. The molecule has 0 saturated heterocycles. The summed E-state index contributed by atoms with van der Waals surface area (Å²) in [6, 6.07) is 5.04. The molecule has 0 aliphatic heterocycles. The predicted molar refractivity (Wildman–Crippen MR) is 84.2 cm³/mol. The number of rotatable bonds is 8. The first kappa shape index (κ1) is 16.8. The number of aliphatic carboxylic acids is 1. The molecule has 1 aromatic carbocycles. The van der Waals surface area contributed by atoms with E-state index in [9.17, 15) is 9.90 Å². The van der Waals surface area contributed by atoms with Crippen LogP contribution in [0.5, 0.6) is 0 Å². The molecule has 20 heavy (non-hydrogen) atoms. The number of nitrogen functional groups attached to an aromatic ring is 1. The lowest BCUT2D eigenvalue weighted by atomic mass is 9.83. The molecule has 0 aliphatic carbocycles. The fraction of sp³-hybridized carbons (Fsp3) is 0.562. The molecule has 0 aliphatic rings. The van der Waals surface area contributed by atoms with Crippen LogP contribution in [0.15, 0.2) is 18.2 Å². The average Bonchev–Trinajstić information content (AvgIpc) is 2.38. The number of carbonyl (C=O) groups is 1. The highest BCUT2D eigenvalue weighted by molar-refractivity contribution is 6.30. The normalized spacial score (nSPS) is 13.9. The highest BCUT2D eigenvalue weighted by Gasteiger charge is 2.28. The smallest absolute Gasteiger partial charge is 0.311 e. The predicted octanol–water partition coefficient (Wildman–Crippen LogP) is 4.70. The Labute approximate surface area is 126 Å². The summed E-state index contributed by atoms with van der Waals surface area (Å²) in [5.41, 5.74) is 7.05. The van der Waals surface area contributed by atoms with Crippen LogP contribution in [-0.4, -0.2) is 11.1 Å². The van der Waals surface area contributed by atoms with Crippen LogP contribution in [0.1, 0.15) is 57.4 Å². The fourth-order valence-electron chi connectivity index (χ4n) is 2.56. The Bertz CT molecular complexity index is 448. The van der Waals surface area contributed by atoms with Gasteiger partial charge in [-0.2, -0.15) is 0 Å². The molecule has 0 fully saturated rings. The van der Waals surface area contributed by atoms with Crippen LogP contribution < -0.4 is 5.73 Å². The van der Waals surface area contributed by atoms with Crippen LogP contribution >= 0.6 is 11.6 Å². The quantitative estimate of drug-likeness (QED) is 0.540. The Balaban J connectivity index is 2.83. The number of carboxylic acid groups (broad SMARTS) is 1. The number of carboxylic acids is 1. The molecular weight excluding hydrogens is 274 g/mol. The number of benzene rings is 1. The summed E-state index contributed by atoms with van der Waals surface area (Å²) in [5, 5.41) is 10.0. The molecule has 0 spiro atoms. The zero-order valence-corrected chi connectivity index (χ0v) is 13.0. The lowest BCUT2D eigenvalue weighted by Crippen LogP contribution is -2.21. The van der Waals surface area contributed by atoms with Crippen LogP contribution in [0, 0.1) is 5.92 Å². The van der Waals surface area contributed by atoms with Gasteiger partial charge in [-0.15, -0.1) is 0 Å². The van der Waals surface area contributed by atoms with Gasteiger partial charge < -0.3 is 10.8 Å². The van der Waals surface area contributed by atoms with Gasteiger partial charge >= 0.3 is 5.97 Å². The minimum absolute atomic E-state index is 0.0464. The first-order valence-electron chi connectivity index (χ1n) is 7.25. The second kappa shape index (κ2) is 8.15. The van der Waals surface area contributed by atoms with Crippen molar-refractivity contribution in [1.29, 1.82) is 0 Å². The van der Waals surface area contributed by atoms with Gasteiger partial charge in [0.05, 0.1) is 5.92 Å². The summed E-state index contributed by atoms with van der Waals surface area (Å²) < 4.78 is 0. The largest absolute Gasteiger partial charge is 0.481 e. The minimum Gasteiger partial charge on any atom is -0.481 e. The van der Waals surface area contributed by atoms with Crippen molar-refractivity contribution < 1.29 is 9.90 Å². The van der Waals surface area contributed by atoms with E-state index in [0.29, 0.717) is 16.3 Å². The number of nitrogens with two attached hydrogens (primary N) is 1. The molecule has 4 heteroatoms. The molecule has 2 atom stereocenters. The maximum atomic E-state index is 11.6. The first-order valence-corrected chi connectivity index (χ1v) is 7.62. The zero-order chi connectivity index (χ0) is 15.1. The Morgan fingerprint density at radius 2 is 2.05 bits per heavy atom. The zero-order valence-electron chi connectivity index (χ0n) is 12.2. The van der Waals surface area contributed by atoms with E-state index in [2.05, 4.69) is 6.92 Å². The molecule has 0 aromatic heterocycles. The summed E-state index contributed by atoms with van der Waals surface area (Å²) in [4.78, 5) is 11.6. The highest BCUT2D eigenvalue weighted by Crippen LogP contribution is 2.34. The van der Waals surface area contributed by atoms with Gasteiger partial charge in [0.15, 0.2) is 0 Å². The Hall–Kier alpha value is -1.22. The molecule has 0 amide bonds. The monoisotopic (exact) mass is 297 g/mol. The van der Waals surface area contributed by atoms with Gasteiger partial charge in [-0.1, -0.05) is 51.1 Å². The molecule has 1 aromatic rings. The SMILES string of the molecule is CCCCCCC(C)C(C(=O)O)c1cc(Cl)ccc1N.